The second-order valence-electron chi connectivity index (χ2n) is 5.53. The smallest absolute Gasteiger partial charge is 0.156 e. The molecule has 0 aromatic carbocycles. The first-order chi connectivity index (χ1) is 9.26. The van der Waals surface area contributed by atoms with Crippen molar-refractivity contribution >= 4 is 39.9 Å². The molecule has 1 aliphatic heterocycles. The van der Waals surface area contributed by atoms with E-state index < -0.39 is 0 Å². The molecule has 1 aromatic heterocycles. The Kier molecular flexibility index (Phi) is 4.40. The molecule has 0 unspecified atom stereocenters. The molecule has 1 spiro atoms. The van der Waals surface area contributed by atoms with Crippen molar-refractivity contribution in [3.8, 4) is 0 Å². The number of hydrogen-bond donors (Lipinski definition) is 1. The van der Waals surface area contributed by atoms with Gasteiger partial charge < -0.3 is 5.32 Å². The van der Waals surface area contributed by atoms with E-state index in [0.717, 1.165) is 22.6 Å². The first kappa shape index (κ1) is 13.8. The summed E-state index contributed by atoms with van der Waals surface area (Å²) in [6.45, 7) is 1.86. The third kappa shape index (κ3) is 3.47. The van der Waals surface area contributed by atoms with Crippen LogP contribution in [0, 0.1) is 5.41 Å². The zero-order valence-corrected chi connectivity index (χ0v) is 13.3. The normalized spacial score (nSPS) is 22.3. The van der Waals surface area contributed by atoms with E-state index in [-0.39, 0.29) is 0 Å². The van der Waals surface area contributed by atoms with Gasteiger partial charge >= 0.3 is 0 Å². The van der Waals surface area contributed by atoms with Gasteiger partial charge in [0.1, 0.15) is 0 Å². The van der Waals surface area contributed by atoms with Gasteiger partial charge in [-0.25, -0.2) is 0 Å². The maximum absolute atomic E-state index is 5.93. The summed E-state index contributed by atoms with van der Waals surface area (Å²) in [7, 11) is 0. The number of thiophene rings is 1. The third-order valence-corrected chi connectivity index (χ3v) is 6.56. The highest BCUT2D eigenvalue weighted by atomic mass is 35.5. The van der Waals surface area contributed by atoms with Crippen LogP contribution in [0.3, 0.4) is 0 Å². The monoisotopic (exact) mass is 314 g/mol. The Morgan fingerprint density at radius 1 is 1.26 bits per heavy atom. The van der Waals surface area contributed by atoms with Gasteiger partial charge in [0, 0.05) is 17.2 Å². The Morgan fingerprint density at radius 3 is 2.74 bits per heavy atom. The summed E-state index contributed by atoms with van der Waals surface area (Å²) in [5.41, 5.74) is 0.514. The summed E-state index contributed by atoms with van der Waals surface area (Å²) in [5, 5.41) is 4.55. The Bertz CT molecular complexity index is 464. The van der Waals surface area contributed by atoms with Crippen molar-refractivity contribution in [3.63, 3.8) is 0 Å². The van der Waals surface area contributed by atoms with Crippen LogP contribution >= 0.6 is 34.7 Å². The molecule has 1 aromatic rings. The second-order valence-corrected chi connectivity index (χ2v) is 8.29. The number of amidine groups is 1. The lowest BCUT2D eigenvalue weighted by atomic mass is 9.75. The van der Waals surface area contributed by atoms with Crippen LogP contribution in [0.5, 0.6) is 0 Å². The molecule has 0 saturated heterocycles. The summed E-state index contributed by atoms with van der Waals surface area (Å²) < 4.78 is 0.858. The van der Waals surface area contributed by atoms with Crippen molar-refractivity contribution in [2.75, 3.05) is 12.3 Å². The molecule has 2 nitrogen and oxygen atoms in total. The van der Waals surface area contributed by atoms with Crippen molar-refractivity contribution in [1.82, 2.24) is 5.32 Å². The molecule has 2 heterocycles. The van der Waals surface area contributed by atoms with Crippen LogP contribution in [-0.2, 0) is 6.54 Å². The van der Waals surface area contributed by atoms with Gasteiger partial charge in [0.25, 0.3) is 0 Å². The van der Waals surface area contributed by atoms with E-state index in [1.165, 1.54) is 42.7 Å². The minimum absolute atomic E-state index is 0.514. The van der Waals surface area contributed by atoms with Crippen molar-refractivity contribution in [1.29, 1.82) is 0 Å². The highest BCUT2D eigenvalue weighted by molar-refractivity contribution is 8.13. The van der Waals surface area contributed by atoms with E-state index in [9.17, 15) is 0 Å². The summed E-state index contributed by atoms with van der Waals surface area (Å²) in [4.78, 5) is 6.04. The first-order valence-electron chi connectivity index (χ1n) is 6.91. The molecule has 2 aliphatic rings. The summed E-state index contributed by atoms with van der Waals surface area (Å²) >= 11 is 9.48. The van der Waals surface area contributed by atoms with E-state index in [2.05, 4.69) is 11.4 Å². The van der Waals surface area contributed by atoms with Gasteiger partial charge in [-0.3, -0.25) is 4.99 Å². The van der Waals surface area contributed by atoms with Crippen LogP contribution in [0.2, 0.25) is 4.34 Å². The summed E-state index contributed by atoms with van der Waals surface area (Å²) in [5.74, 6) is 1.24. The van der Waals surface area contributed by atoms with E-state index in [0.29, 0.717) is 5.41 Å². The number of halogens is 1. The molecule has 0 amide bonds. The summed E-state index contributed by atoms with van der Waals surface area (Å²) in [6, 6.07) is 4.03. The molecule has 3 rings (SSSR count). The van der Waals surface area contributed by atoms with Crippen LogP contribution in [0.25, 0.3) is 0 Å². The van der Waals surface area contributed by atoms with Crippen molar-refractivity contribution in [2.45, 2.75) is 38.6 Å². The lowest BCUT2D eigenvalue weighted by Gasteiger charge is -2.38. The maximum Gasteiger partial charge on any atom is 0.156 e. The lowest BCUT2D eigenvalue weighted by Crippen LogP contribution is -2.36. The van der Waals surface area contributed by atoms with Crippen LogP contribution in [0.4, 0.5) is 0 Å². The van der Waals surface area contributed by atoms with Crippen LogP contribution in [-0.4, -0.2) is 17.5 Å². The number of aliphatic imine (C=N–C) groups is 1. The minimum Gasteiger partial charge on any atom is -0.360 e. The molecular weight excluding hydrogens is 296 g/mol. The first-order valence-corrected chi connectivity index (χ1v) is 9.09. The van der Waals surface area contributed by atoms with Gasteiger partial charge in [-0.05, 0) is 30.4 Å². The van der Waals surface area contributed by atoms with Gasteiger partial charge in [-0.15, -0.1) is 11.3 Å². The van der Waals surface area contributed by atoms with Crippen molar-refractivity contribution in [3.05, 3.63) is 21.3 Å². The molecule has 5 heteroatoms. The molecule has 1 saturated carbocycles. The van der Waals surface area contributed by atoms with Gasteiger partial charge in [-0.2, -0.15) is 0 Å². The maximum atomic E-state index is 5.93. The highest BCUT2D eigenvalue weighted by Crippen LogP contribution is 2.41. The standard InChI is InChI=1S/C14H19ClN2S2/c15-12-5-4-11(19-12)8-16-13-17-9-14(10-18-13)6-2-1-3-7-14/h4-5H,1-3,6-10H2,(H,16,17). The second kappa shape index (κ2) is 6.06. The quantitative estimate of drug-likeness (QED) is 0.866. The highest BCUT2D eigenvalue weighted by Gasteiger charge is 2.34. The fraction of sp³-hybridized carbons (Fsp3) is 0.643. The molecule has 0 atom stereocenters. The molecule has 1 fully saturated rings. The van der Waals surface area contributed by atoms with E-state index >= 15 is 0 Å². The van der Waals surface area contributed by atoms with Crippen LogP contribution in [0.15, 0.2) is 17.1 Å². The average molecular weight is 315 g/mol. The van der Waals surface area contributed by atoms with E-state index in [1.807, 2.05) is 17.8 Å². The number of thioether (sulfide) groups is 1. The van der Waals surface area contributed by atoms with E-state index in [1.54, 1.807) is 11.3 Å². The topological polar surface area (TPSA) is 24.4 Å². The SMILES string of the molecule is Clc1ccc(CNC2=NCC3(CCCCC3)CS2)s1. The van der Waals surface area contributed by atoms with Gasteiger partial charge in [0.15, 0.2) is 5.17 Å². The zero-order valence-electron chi connectivity index (χ0n) is 11.0. The summed E-state index contributed by atoms with van der Waals surface area (Å²) in [6.07, 6.45) is 6.95. The molecule has 19 heavy (non-hydrogen) atoms. The average Bonchev–Trinajstić information content (AvgIpc) is 2.85. The van der Waals surface area contributed by atoms with Gasteiger partial charge in [0.2, 0.25) is 0 Å². The predicted molar refractivity (Wildman–Crippen MR) is 86.4 cm³/mol. The Hall–Kier alpha value is -0.190. The number of nitrogens with one attached hydrogen (secondary N) is 1. The van der Waals surface area contributed by atoms with Crippen LogP contribution < -0.4 is 5.32 Å². The Balaban J connectivity index is 1.53. The van der Waals surface area contributed by atoms with Gasteiger partial charge in [-0.1, -0.05) is 42.6 Å². The fourth-order valence-electron chi connectivity index (χ4n) is 2.87. The number of rotatable bonds is 2. The largest absolute Gasteiger partial charge is 0.360 e. The molecular formula is C14H19ClN2S2. The Labute approximate surface area is 128 Å². The van der Waals surface area contributed by atoms with Crippen molar-refractivity contribution in [2.24, 2.45) is 10.4 Å². The Morgan fingerprint density at radius 2 is 2.11 bits per heavy atom. The van der Waals surface area contributed by atoms with Crippen LogP contribution in [0.1, 0.15) is 37.0 Å². The predicted octanol–water partition coefficient (Wildman–Crippen LogP) is 4.54. The molecule has 1 N–H and O–H groups in total. The molecule has 0 bridgehead atoms. The van der Waals surface area contributed by atoms with Gasteiger partial charge in [0.05, 0.1) is 10.9 Å². The molecule has 104 valence electrons. The van der Waals surface area contributed by atoms with E-state index in [4.69, 9.17) is 16.6 Å². The third-order valence-electron chi connectivity index (χ3n) is 4.03. The zero-order chi connectivity index (χ0) is 13.1. The fourth-order valence-corrected chi connectivity index (χ4v) is 5.05. The number of hydrogen-bond acceptors (Lipinski definition) is 4. The lowest BCUT2D eigenvalue weighted by molar-refractivity contribution is 0.232. The van der Waals surface area contributed by atoms with Crippen molar-refractivity contribution < 1.29 is 0 Å². The molecule has 0 radical (unpaired) electrons. The minimum atomic E-state index is 0.514. The number of nitrogens with zero attached hydrogens (tertiary/aromatic N) is 1. The molecule has 1 aliphatic carbocycles.